The molecule has 0 amide bonds. The second kappa shape index (κ2) is 3.21. The third-order valence-corrected chi connectivity index (χ3v) is 1.53. The van der Waals surface area contributed by atoms with Crippen LogP contribution in [0, 0.1) is 6.92 Å². The van der Waals surface area contributed by atoms with Gasteiger partial charge < -0.3 is 10.5 Å². The fourth-order valence-electron chi connectivity index (χ4n) is 0.870. The van der Waals surface area contributed by atoms with Gasteiger partial charge in [-0.15, -0.1) is 0 Å². The Morgan fingerprint density at radius 1 is 1.67 bits per heavy atom. The first-order chi connectivity index (χ1) is 5.65. The van der Waals surface area contributed by atoms with Crippen LogP contribution in [0.3, 0.4) is 0 Å². The molecule has 0 saturated heterocycles. The van der Waals surface area contributed by atoms with Crippen LogP contribution in [0.1, 0.15) is 15.9 Å². The van der Waals surface area contributed by atoms with Crippen molar-refractivity contribution >= 4 is 11.8 Å². The lowest BCUT2D eigenvalue weighted by Crippen LogP contribution is -2.05. The van der Waals surface area contributed by atoms with Gasteiger partial charge in [0.15, 0.2) is 0 Å². The number of ether oxygens (including phenoxy) is 1. The van der Waals surface area contributed by atoms with Gasteiger partial charge in [-0.2, -0.15) is 0 Å². The molecule has 1 aromatic heterocycles. The highest BCUT2D eigenvalue weighted by molar-refractivity contribution is 5.91. The van der Waals surface area contributed by atoms with Crippen LogP contribution in [-0.4, -0.2) is 18.1 Å². The molecule has 0 unspecified atom stereocenters. The normalized spacial score (nSPS) is 9.50. The van der Waals surface area contributed by atoms with Crippen LogP contribution in [0.2, 0.25) is 0 Å². The molecule has 64 valence electrons. The van der Waals surface area contributed by atoms with Crippen LogP contribution in [0.15, 0.2) is 12.3 Å². The lowest BCUT2D eigenvalue weighted by Gasteiger charge is -2.02. The van der Waals surface area contributed by atoms with Gasteiger partial charge >= 0.3 is 5.97 Å². The number of aromatic nitrogens is 1. The van der Waals surface area contributed by atoms with Gasteiger partial charge in [-0.1, -0.05) is 0 Å². The fraction of sp³-hybridized carbons (Fsp3) is 0.250. The van der Waals surface area contributed by atoms with Crippen LogP contribution in [0.5, 0.6) is 0 Å². The Morgan fingerprint density at radius 2 is 2.33 bits per heavy atom. The minimum atomic E-state index is -0.387. The number of aryl methyl sites for hydroxylation is 1. The summed E-state index contributed by atoms with van der Waals surface area (Å²) in [5.74, 6) is -0.0670. The number of carbonyl (C=O) groups is 1. The summed E-state index contributed by atoms with van der Waals surface area (Å²) in [5, 5.41) is 0. The van der Waals surface area contributed by atoms with E-state index >= 15 is 0 Å². The molecule has 0 spiro atoms. The number of esters is 1. The van der Waals surface area contributed by atoms with E-state index in [0.29, 0.717) is 11.4 Å². The second-order valence-electron chi connectivity index (χ2n) is 2.42. The summed E-state index contributed by atoms with van der Waals surface area (Å²) < 4.78 is 4.55. The summed E-state index contributed by atoms with van der Waals surface area (Å²) in [5.41, 5.74) is 6.62. The predicted molar refractivity (Wildman–Crippen MR) is 44.7 cm³/mol. The largest absolute Gasteiger partial charge is 0.465 e. The standard InChI is InChI=1S/C8H10N2O2/c1-5-4-10-7(9)3-6(5)8(11)12-2/h3-4H,1-2H3,(H2,9,10). The summed E-state index contributed by atoms with van der Waals surface area (Å²) in [7, 11) is 1.33. The monoisotopic (exact) mass is 166 g/mol. The molecule has 0 atom stereocenters. The van der Waals surface area contributed by atoms with Gasteiger partial charge in [0.05, 0.1) is 12.7 Å². The number of hydrogen-bond donors (Lipinski definition) is 1. The Morgan fingerprint density at radius 3 is 2.92 bits per heavy atom. The van der Waals surface area contributed by atoms with Crippen molar-refractivity contribution in [2.45, 2.75) is 6.92 Å². The molecule has 0 aromatic carbocycles. The topological polar surface area (TPSA) is 65.2 Å². The van der Waals surface area contributed by atoms with E-state index in [2.05, 4.69) is 9.72 Å². The number of nitrogens with zero attached hydrogens (tertiary/aromatic N) is 1. The lowest BCUT2D eigenvalue weighted by atomic mass is 10.1. The zero-order valence-corrected chi connectivity index (χ0v) is 7.00. The van der Waals surface area contributed by atoms with Crippen molar-refractivity contribution < 1.29 is 9.53 Å². The summed E-state index contributed by atoms with van der Waals surface area (Å²) in [6, 6.07) is 1.50. The maximum absolute atomic E-state index is 11.1. The number of anilines is 1. The average Bonchev–Trinajstić information content (AvgIpc) is 2.08. The van der Waals surface area contributed by atoms with Crippen LogP contribution >= 0.6 is 0 Å². The van der Waals surface area contributed by atoms with Gasteiger partial charge in [0.25, 0.3) is 0 Å². The molecule has 0 bridgehead atoms. The maximum Gasteiger partial charge on any atom is 0.338 e. The molecule has 0 aliphatic rings. The van der Waals surface area contributed by atoms with E-state index < -0.39 is 0 Å². The molecule has 0 radical (unpaired) electrons. The molecule has 1 aromatic rings. The third kappa shape index (κ3) is 1.53. The number of carbonyl (C=O) groups excluding carboxylic acids is 1. The van der Waals surface area contributed by atoms with Crippen LogP contribution < -0.4 is 5.73 Å². The van der Waals surface area contributed by atoms with Gasteiger partial charge in [-0.05, 0) is 18.6 Å². The van der Waals surface area contributed by atoms with Gasteiger partial charge in [0.1, 0.15) is 5.82 Å². The van der Waals surface area contributed by atoms with Gasteiger partial charge in [0, 0.05) is 6.20 Å². The Labute approximate surface area is 70.4 Å². The molecule has 0 fully saturated rings. The maximum atomic E-state index is 11.1. The summed E-state index contributed by atoms with van der Waals surface area (Å²) in [4.78, 5) is 14.9. The zero-order valence-electron chi connectivity index (χ0n) is 7.00. The number of pyridine rings is 1. The molecule has 4 heteroatoms. The predicted octanol–water partition coefficient (Wildman–Crippen LogP) is 0.759. The van der Waals surface area contributed by atoms with Gasteiger partial charge in [-0.3, -0.25) is 0 Å². The molecule has 1 rings (SSSR count). The Balaban J connectivity index is 3.13. The molecule has 0 saturated carbocycles. The number of nitrogens with two attached hydrogens (primary N) is 1. The van der Waals surface area contributed by atoms with Crippen molar-refractivity contribution in [3.05, 3.63) is 23.4 Å². The van der Waals surface area contributed by atoms with Crippen molar-refractivity contribution in [1.82, 2.24) is 4.98 Å². The number of hydrogen-bond acceptors (Lipinski definition) is 4. The van der Waals surface area contributed by atoms with E-state index in [9.17, 15) is 4.79 Å². The number of methoxy groups -OCH3 is 1. The molecule has 0 aliphatic carbocycles. The Hall–Kier alpha value is -1.58. The second-order valence-corrected chi connectivity index (χ2v) is 2.42. The fourth-order valence-corrected chi connectivity index (χ4v) is 0.870. The van der Waals surface area contributed by atoms with E-state index in [1.165, 1.54) is 13.2 Å². The molecule has 2 N–H and O–H groups in total. The lowest BCUT2D eigenvalue weighted by molar-refractivity contribution is 0.0600. The highest BCUT2D eigenvalue weighted by Crippen LogP contribution is 2.10. The van der Waals surface area contributed by atoms with E-state index in [-0.39, 0.29) is 5.97 Å². The summed E-state index contributed by atoms with van der Waals surface area (Å²) in [6.07, 6.45) is 1.54. The molecular formula is C8H10N2O2. The summed E-state index contributed by atoms with van der Waals surface area (Å²) >= 11 is 0. The van der Waals surface area contributed by atoms with Crippen LogP contribution in [0.25, 0.3) is 0 Å². The van der Waals surface area contributed by atoms with Crippen molar-refractivity contribution in [1.29, 1.82) is 0 Å². The van der Waals surface area contributed by atoms with Crippen molar-refractivity contribution in [2.24, 2.45) is 0 Å². The first-order valence-corrected chi connectivity index (χ1v) is 3.45. The van der Waals surface area contributed by atoms with Crippen molar-refractivity contribution in [2.75, 3.05) is 12.8 Å². The molecule has 0 aliphatic heterocycles. The summed E-state index contributed by atoms with van der Waals surface area (Å²) in [6.45, 7) is 1.78. The molecular weight excluding hydrogens is 156 g/mol. The van der Waals surface area contributed by atoms with Crippen molar-refractivity contribution in [3.63, 3.8) is 0 Å². The zero-order chi connectivity index (χ0) is 9.14. The smallest absolute Gasteiger partial charge is 0.338 e. The number of nitrogen functional groups attached to an aromatic ring is 1. The van der Waals surface area contributed by atoms with Gasteiger partial charge in [-0.25, -0.2) is 9.78 Å². The SMILES string of the molecule is COC(=O)c1cc(N)ncc1C. The van der Waals surface area contributed by atoms with E-state index in [1.54, 1.807) is 13.1 Å². The minimum Gasteiger partial charge on any atom is -0.465 e. The molecule has 1 heterocycles. The molecule has 4 nitrogen and oxygen atoms in total. The Bertz CT molecular complexity index is 310. The van der Waals surface area contributed by atoms with E-state index in [4.69, 9.17) is 5.73 Å². The quantitative estimate of drug-likeness (QED) is 0.625. The van der Waals surface area contributed by atoms with E-state index in [0.717, 1.165) is 5.56 Å². The highest BCUT2D eigenvalue weighted by Gasteiger charge is 2.08. The minimum absolute atomic E-state index is 0.320. The highest BCUT2D eigenvalue weighted by atomic mass is 16.5. The van der Waals surface area contributed by atoms with Gasteiger partial charge in [0.2, 0.25) is 0 Å². The van der Waals surface area contributed by atoms with Crippen molar-refractivity contribution in [3.8, 4) is 0 Å². The van der Waals surface area contributed by atoms with Crippen LogP contribution in [-0.2, 0) is 4.74 Å². The van der Waals surface area contributed by atoms with Crippen LogP contribution in [0.4, 0.5) is 5.82 Å². The third-order valence-electron chi connectivity index (χ3n) is 1.53. The Kier molecular flexibility index (Phi) is 2.28. The average molecular weight is 166 g/mol. The first-order valence-electron chi connectivity index (χ1n) is 3.45. The van der Waals surface area contributed by atoms with E-state index in [1.807, 2.05) is 0 Å². The number of rotatable bonds is 1. The first kappa shape index (κ1) is 8.52. The molecule has 12 heavy (non-hydrogen) atoms.